The summed E-state index contributed by atoms with van der Waals surface area (Å²) in [4.78, 5) is 40.7. The van der Waals surface area contributed by atoms with Crippen molar-refractivity contribution in [2.45, 2.75) is 49.2 Å². The number of hydrogen-bond donors (Lipinski definition) is 1. The average molecular weight is 483 g/mol. The number of fused-ring (bicyclic) bond motifs is 1. The fourth-order valence-electron chi connectivity index (χ4n) is 3.88. The normalized spacial score (nSPS) is 15.5. The lowest BCUT2D eigenvalue weighted by molar-refractivity contribution is -0.384. The fourth-order valence-corrected chi connectivity index (χ4v) is 4.85. The number of thioether (sulfide) groups is 1. The van der Waals surface area contributed by atoms with E-state index >= 15 is 0 Å². The Kier molecular flexibility index (Phi) is 7.91. The van der Waals surface area contributed by atoms with Gasteiger partial charge in [-0.05, 0) is 37.0 Å². The van der Waals surface area contributed by atoms with E-state index < -0.39 is 4.92 Å². The Morgan fingerprint density at radius 2 is 2.12 bits per heavy atom. The van der Waals surface area contributed by atoms with E-state index in [4.69, 9.17) is 4.74 Å². The van der Waals surface area contributed by atoms with E-state index in [1.807, 2.05) is 12.1 Å². The van der Waals surface area contributed by atoms with Crippen LogP contribution in [0.15, 0.2) is 58.5 Å². The van der Waals surface area contributed by atoms with E-state index in [1.165, 1.54) is 23.9 Å². The van der Waals surface area contributed by atoms with Crippen molar-refractivity contribution in [3.05, 3.63) is 74.6 Å². The summed E-state index contributed by atoms with van der Waals surface area (Å²) in [5.41, 5.74) is 1.23. The van der Waals surface area contributed by atoms with Gasteiger partial charge in [-0.2, -0.15) is 0 Å². The van der Waals surface area contributed by atoms with E-state index in [0.29, 0.717) is 47.7 Å². The molecule has 0 spiro atoms. The summed E-state index contributed by atoms with van der Waals surface area (Å²) in [6.45, 7) is 1.61. The van der Waals surface area contributed by atoms with Gasteiger partial charge in [0.1, 0.15) is 0 Å². The van der Waals surface area contributed by atoms with Crippen LogP contribution in [0, 0.1) is 10.1 Å². The number of nitrogens with zero attached hydrogens (tertiary/aromatic N) is 3. The van der Waals surface area contributed by atoms with Crippen molar-refractivity contribution in [1.82, 2.24) is 14.9 Å². The Hall–Kier alpha value is -3.24. The van der Waals surface area contributed by atoms with Crippen LogP contribution in [-0.2, 0) is 21.8 Å². The standard InChI is InChI=1S/C24H26N4O5S/c29-22(25-15-19-8-5-13-33-19)11-4-12-27-23(30)20-9-1-2-10-21(20)26-24(27)34-16-17-6-3-7-18(14-17)28(31)32/h1-3,6-7,9-10,14,19H,4-5,8,11-13,15-16H2,(H,25,29)/t19-/m0/s1. The van der Waals surface area contributed by atoms with E-state index in [0.717, 1.165) is 25.0 Å². The molecule has 2 aromatic carbocycles. The molecule has 2 heterocycles. The molecule has 9 nitrogen and oxygen atoms in total. The van der Waals surface area contributed by atoms with Crippen molar-refractivity contribution in [3.63, 3.8) is 0 Å². The molecule has 34 heavy (non-hydrogen) atoms. The molecule has 0 radical (unpaired) electrons. The zero-order chi connectivity index (χ0) is 23.9. The van der Waals surface area contributed by atoms with Crippen LogP contribution in [0.1, 0.15) is 31.2 Å². The van der Waals surface area contributed by atoms with Gasteiger partial charge in [0.05, 0.1) is 21.9 Å². The predicted molar refractivity (Wildman–Crippen MR) is 130 cm³/mol. The summed E-state index contributed by atoms with van der Waals surface area (Å²) >= 11 is 1.35. The molecule has 1 aliphatic rings. The third kappa shape index (κ3) is 6.00. The smallest absolute Gasteiger partial charge is 0.269 e. The van der Waals surface area contributed by atoms with Gasteiger partial charge < -0.3 is 10.1 Å². The molecule has 178 valence electrons. The zero-order valence-corrected chi connectivity index (χ0v) is 19.5. The molecule has 1 amide bonds. The van der Waals surface area contributed by atoms with Crippen molar-refractivity contribution < 1.29 is 14.5 Å². The Balaban J connectivity index is 1.46. The minimum Gasteiger partial charge on any atom is -0.376 e. The van der Waals surface area contributed by atoms with Crippen LogP contribution < -0.4 is 10.9 Å². The highest BCUT2D eigenvalue weighted by atomic mass is 32.2. The highest BCUT2D eigenvalue weighted by Gasteiger charge is 2.17. The van der Waals surface area contributed by atoms with Crippen molar-refractivity contribution >= 4 is 34.3 Å². The maximum atomic E-state index is 13.2. The second-order valence-electron chi connectivity index (χ2n) is 8.13. The summed E-state index contributed by atoms with van der Waals surface area (Å²) in [7, 11) is 0. The topological polar surface area (TPSA) is 116 Å². The van der Waals surface area contributed by atoms with Crippen molar-refractivity contribution in [3.8, 4) is 0 Å². The second-order valence-corrected chi connectivity index (χ2v) is 9.07. The monoisotopic (exact) mass is 482 g/mol. The van der Waals surface area contributed by atoms with Crippen molar-refractivity contribution in [1.29, 1.82) is 0 Å². The lowest BCUT2D eigenvalue weighted by Crippen LogP contribution is -2.32. The van der Waals surface area contributed by atoms with Crippen LogP contribution in [0.5, 0.6) is 0 Å². The van der Waals surface area contributed by atoms with Gasteiger partial charge in [0, 0.05) is 44.0 Å². The lowest BCUT2D eigenvalue weighted by Gasteiger charge is -2.14. The van der Waals surface area contributed by atoms with Gasteiger partial charge in [0.25, 0.3) is 11.2 Å². The number of nitro groups is 1. The molecule has 0 aliphatic carbocycles. The summed E-state index contributed by atoms with van der Waals surface area (Å²) in [5, 5.41) is 15.0. The Labute approximate surface area is 200 Å². The number of carbonyl (C=O) groups excluding carboxylic acids is 1. The van der Waals surface area contributed by atoms with Gasteiger partial charge in [-0.1, -0.05) is 36.0 Å². The molecule has 1 atom stereocenters. The van der Waals surface area contributed by atoms with Gasteiger partial charge in [0.15, 0.2) is 5.16 Å². The molecule has 0 unspecified atom stereocenters. The van der Waals surface area contributed by atoms with E-state index in [2.05, 4.69) is 10.3 Å². The molecule has 4 rings (SSSR count). The number of hydrogen-bond acceptors (Lipinski definition) is 7. The summed E-state index contributed by atoms with van der Waals surface area (Å²) in [5.74, 6) is 0.358. The van der Waals surface area contributed by atoms with Gasteiger partial charge in [0.2, 0.25) is 5.91 Å². The van der Waals surface area contributed by atoms with Gasteiger partial charge >= 0.3 is 0 Å². The largest absolute Gasteiger partial charge is 0.376 e. The minimum absolute atomic E-state index is 0.0241. The molecule has 3 aromatic rings. The number of non-ortho nitro benzene ring substituents is 1. The number of amides is 1. The Bertz CT molecular complexity index is 1240. The third-order valence-corrected chi connectivity index (χ3v) is 6.70. The van der Waals surface area contributed by atoms with Crippen LogP contribution in [0.2, 0.25) is 0 Å². The highest BCUT2D eigenvalue weighted by Crippen LogP contribution is 2.24. The molecular weight excluding hydrogens is 456 g/mol. The molecule has 1 N–H and O–H groups in total. The Morgan fingerprint density at radius 1 is 1.26 bits per heavy atom. The maximum Gasteiger partial charge on any atom is 0.269 e. The minimum atomic E-state index is -0.428. The van der Waals surface area contributed by atoms with Crippen LogP contribution in [-0.4, -0.2) is 39.6 Å². The lowest BCUT2D eigenvalue weighted by atomic mass is 10.2. The molecule has 0 saturated carbocycles. The molecule has 1 saturated heterocycles. The zero-order valence-electron chi connectivity index (χ0n) is 18.6. The number of para-hydroxylation sites is 1. The first-order valence-electron chi connectivity index (χ1n) is 11.3. The van der Waals surface area contributed by atoms with E-state index in [-0.39, 0.29) is 23.3 Å². The Morgan fingerprint density at radius 3 is 2.91 bits per heavy atom. The van der Waals surface area contributed by atoms with Gasteiger partial charge in [-0.25, -0.2) is 4.98 Å². The second kappa shape index (κ2) is 11.3. The number of ether oxygens (including phenoxy) is 1. The fraction of sp³-hybridized carbons (Fsp3) is 0.375. The van der Waals surface area contributed by atoms with E-state index in [9.17, 15) is 19.7 Å². The molecule has 1 aromatic heterocycles. The SMILES string of the molecule is O=C(CCCn1c(SCc2cccc([N+](=O)[O-])c2)nc2ccccc2c1=O)NC[C@@H]1CCCO1. The molecule has 1 fully saturated rings. The number of nitro benzene ring substituents is 1. The summed E-state index contributed by atoms with van der Waals surface area (Å²) in [6, 6.07) is 13.6. The quantitative estimate of drug-likeness (QED) is 0.203. The van der Waals surface area contributed by atoms with Gasteiger partial charge in [-0.3, -0.25) is 24.3 Å². The van der Waals surface area contributed by atoms with Crippen LogP contribution in [0.4, 0.5) is 5.69 Å². The molecule has 0 bridgehead atoms. The molecule has 10 heteroatoms. The number of carbonyl (C=O) groups is 1. The van der Waals surface area contributed by atoms with Gasteiger partial charge in [-0.15, -0.1) is 0 Å². The van der Waals surface area contributed by atoms with E-state index in [1.54, 1.807) is 28.8 Å². The number of rotatable bonds is 10. The van der Waals surface area contributed by atoms with Crippen molar-refractivity contribution in [2.75, 3.05) is 13.2 Å². The predicted octanol–water partition coefficient (Wildman–Crippen LogP) is 3.67. The number of nitrogens with one attached hydrogen (secondary N) is 1. The highest BCUT2D eigenvalue weighted by molar-refractivity contribution is 7.98. The maximum absolute atomic E-state index is 13.2. The first-order chi connectivity index (χ1) is 16.5. The summed E-state index contributed by atoms with van der Waals surface area (Å²) in [6.07, 6.45) is 2.86. The van der Waals surface area contributed by atoms with Crippen molar-refractivity contribution in [2.24, 2.45) is 0 Å². The molecular formula is C24H26N4O5S. The summed E-state index contributed by atoms with van der Waals surface area (Å²) < 4.78 is 7.12. The first kappa shape index (κ1) is 23.9. The average Bonchev–Trinajstić information content (AvgIpc) is 3.37. The first-order valence-corrected chi connectivity index (χ1v) is 12.2. The van der Waals surface area contributed by atoms with Crippen LogP contribution >= 0.6 is 11.8 Å². The molecule has 1 aliphatic heterocycles. The number of aromatic nitrogens is 2. The third-order valence-electron chi connectivity index (χ3n) is 5.65. The number of benzene rings is 2. The van der Waals surface area contributed by atoms with Crippen LogP contribution in [0.3, 0.4) is 0 Å². The van der Waals surface area contributed by atoms with Crippen LogP contribution in [0.25, 0.3) is 10.9 Å².